The molecule has 0 saturated carbocycles. The molecule has 0 aliphatic rings. The molecule has 0 bridgehead atoms. The molecule has 0 fully saturated rings. The van der Waals surface area contributed by atoms with Gasteiger partial charge in [0.15, 0.2) is 0 Å². The molecule has 6 heteroatoms. The molecule has 1 aromatic heterocycles. The van der Waals surface area contributed by atoms with E-state index in [1.54, 1.807) is 0 Å². The fourth-order valence-electron chi connectivity index (χ4n) is 3.24. The minimum Gasteiger partial charge on any atom is -0.396 e. The number of aliphatic hydroxyl groups is 1. The second-order valence-corrected chi connectivity index (χ2v) is 6.99. The molecular formula is C20H28N2O4. The molecule has 1 heterocycles. The summed E-state index contributed by atoms with van der Waals surface area (Å²) < 4.78 is 7.01. The number of aliphatic hydroxyl groups excluding tert-OH is 1. The monoisotopic (exact) mass is 360 g/mol. The lowest BCUT2D eigenvalue weighted by Gasteiger charge is -2.18. The fraction of sp³-hybridized carbons (Fsp3) is 0.500. The second-order valence-electron chi connectivity index (χ2n) is 6.99. The van der Waals surface area contributed by atoms with Crippen LogP contribution in [0, 0.1) is 13.8 Å². The third kappa shape index (κ3) is 4.93. The topological polar surface area (TPSA) is 84.3 Å². The first-order valence-corrected chi connectivity index (χ1v) is 8.95. The summed E-state index contributed by atoms with van der Waals surface area (Å²) in [4.78, 5) is 27.2. The Balaban J connectivity index is 2.51. The number of hydrogen-bond acceptors (Lipinski definition) is 4. The van der Waals surface area contributed by atoms with E-state index in [0.29, 0.717) is 30.7 Å². The van der Waals surface area contributed by atoms with Crippen molar-refractivity contribution < 1.29 is 9.84 Å². The van der Waals surface area contributed by atoms with Crippen LogP contribution in [0.25, 0.3) is 0 Å². The molecule has 0 radical (unpaired) electrons. The second kappa shape index (κ2) is 8.96. The zero-order chi connectivity index (χ0) is 19.3. The van der Waals surface area contributed by atoms with E-state index in [0.717, 1.165) is 16.7 Å². The number of rotatable bonds is 8. The van der Waals surface area contributed by atoms with Crippen LogP contribution in [0.3, 0.4) is 0 Å². The minimum absolute atomic E-state index is 0.0241. The van der Waals surface area contributed by atoms with Gasteiger partial charge in [-0.3, -0.25) is 14.3 Å². The molecular weight excluding hydrogens is 332 g/mol. The molecule has 0 unspecified atom stereocenters. The van der Waals surface area contributed by atoms with Crippen molar-refractivity contribution >= 4 is 0 Å². The van der Waals surface area contributed by atoms with Crippen LogP contribution in [0.2, 0.25) is 0 Å². The molecule has 2 rings (SSSR count). The standard InChI is InChI=1S/C20H28N2O4/c1-13(2)18-17(11-16-9-14(3)8-15(4)10-16)22(12-26-7-5-6-23)20(25)21-19(18)24/h8-10,13,23H,5-7,11-12H2,1-4H3,(H,21,24,25). The van der Waals surface area contributed by atoms with Crippen molar-refractivity contribution in [2.75, 3.05) is 13.2 Å². The first-order valence-electron chi connectivity index (χ1n) is 8.95. The fourth-order valence-corrected chi connectivity index (χ4v) is 3.24. The zero-order valence-corrected chi connectivity index (χ0v) is 16.0. The molecule has 0 amide bonds. The number of nitrogens with one attached hydrogen (secondary N) is 1. The zero-order valence-electron chi connectivity index (χ0n) is 16.0. The molecule has 6 nitrogen and oxygen atoms in total. The molecule has 0 spiro atoms. The van der Waals surface area contributed by atoms with Gasteiger partial charge in [0.05, 0.1) is 6.61 Å². The maximum atomic E-state index is 12.4. The quantitative estimate of drug-likeness (QED) is 0.707. The number of H-pyrrole nitrogens is 1. The van der Waals surface area contributed by atoms with E-state index in [9.17, 15) is 9.59 Å². The van der Waals surface area contributed by atoms with Crippen molar-refractivity contribution in [3.8, 4) is 0 Å². The van der Waals surface area contributed by atoms with Crippen molar-refractivity contribution in [1.82, 2.24) is 9.55 Å². The van der Waals surface area contributed by atoms with Gasteiger partial charge in [-0.15, -0.1) is 0 Å². The van der Waals surface area contributed by atoms with Gasteiger partial charge in [-0.2, -0.15) is 0 Å². The van der Waals surface area contributed by atoms with Crippen LogP contribution in [-0.2, 0) is 17.9 Å². The highest BCUT2D eigenvalue weighted by Crippen LogP contribution is 2.19. The van der Waals surface area contributed by atoms with Gasteiger partial charge in [-0.25, -0.2) is 4.79 Å². The third-order valence-electron chi connectivity index (χ3n) is 4.24. The lowest BCUT2D eigenvalue weighted by molar-refractivity contribution is 0.0610. The molecule has 2 N–H and O–H groups in total. The van der Waals surface area contributed by atoms with Crippen LogP contribution >= 0.6 is 0 Å². The first kappa shape index (κ1) is 20.1. The van der Waals surface area contributed by atoms with Crippen molar-refractivity contribution in [3.63, 3.8) is 0 Å². The number of ether oxygens (including phenoxy) is 1. The maximum Gasteiger partial charge on any atom is 0.330 e. The average molecular weight is 360 g/mol. The van der Waals surface area contributed by atoms with Crippen LogP contribution in [-0.4, -0.2) is 27.9 Å². The summed E-state index contributed by atoms with van der Waals surface area (Å²) in [5.41, 5.74) is 3.82. The Labute approximate surface area is 153 Å². The van der Waals surface area contributed by atoms with Gasteiger partial charge in [0.2, 0.25) is 0 Å². The van der Waals surface area contributed by atoms with Crippen LogP contribution < -0.4 is 11.2 Å². The number of aryl methyl sites for hydroxylation is 2. The van der Waals surface area contributed by atoms with E-state index in [1.165, 1.54) is 4.57 Å². The molecule has 2 aromatic rings. The van der Waals surface area contributed by atoms with Crippen LogP contribution in [0.5, 0.6) is 0 Å². The van der Waals surface area contributed by atoms with Crippen LogP contribution in [0.15, 0.2) is 27.8 Å². The van der Waals surface area contributed by atoms with Crippen molar-refractivity contribution in [3.05, 3.63) is 67.0 Å². The molecule has 142 valence electrons. The number of aromatic nitrogens is 2. The normalized spacial score (nSPS) is 11.3. The van der Waals surface area contributed by atoms with Gasteiger partial charge in [-0.05, 0) is 31.7 Å². The Bertz CT molecular complexity index is 845. The largest absolute Gasteiger partial charge is 0.396 e. The number of hydrogen-bond donors (Lipinski definition) is 2. The predicted molar refractivity (Wildman–Crippen MR) is 102 cm³/mol. The highest BCUT2D eigenvalue weighted by atomic mass is 16.5. The highest BCUT2D eigenvalue weighted by Gasteiger charge is 2.18. The Kier molecular flexibility index (Phi) is 6.94. The predicted octanol–water partition coefficient (Wildman–Crippen LogP) is 2.22. The summed E-state index contributed by atoms with van der Waals surface area (Å²) in [6.07, 6.45) is 0.986. The lowest BCUT2D eigenvalue weighted by atomic mass is 9.96. The van der Waals surface area contributed by atoms with E-state index >= 15 is 0 Å². The third-order valence-corrected chi connectivity index (χ3v) is 4.24. The Hall–Kier alpha value is -2.18. The van der Waals surface area contributed by atoms with Gasteiger partial charge < -0.3 is 9.84 Å². The van der Waals surface area contributed by atoms with E-state index < -0.39 is 5.69 Å². The van der Waals surface area contributed by atoms with E-state index in [2.05, 4.69) is 23.2 Å². The average Bonchev–Trinajstić information content (AvgIpc) is 2.52. The van der Waals surface area contributed by atoms with Crippen LogP contribution in [0.4, 0.5) is 0 Å². The summed E-state index contributed by atoms with van der Waals surface area (Å²) >= 11 is 0. The van der Waals surface area contributed by atoms with E-state index in [-0.39, 0.29) is 24.8 Å². The van der Waals surface area contributed by atoms with Gasteiger partial charge in [-0.1, -0.05) is 43.2 Å². The molecule has 0 atom stereocenters. The number of nitrogens with zero attached hydrogens (tertiary/aromatic N) is 1. The smallest absolute Gasteiger partial charge is 0.330 e. The molecule has 0 aliphatic carbocycles. The van der Waals surface area contributed by atoms with Gasteiger partial charge in [0.1, 0.15) is 6.73 Å². The number of aromatic amines is 1. The first-order chi connectivity index (χ1) is 12.3. The summed E-state index contributed by atoms with van der Waals surface area (Å²) in [6.45, 7) is 8.38. The molecule has 0 aliphatic heterocycles. The molecule has 26 heavy (non-hydrogen) atoms. The van der Waals surface area contributed by atoms with Crippen LogP contribution in [0.1, 0.15) is 54.1 Å². The minimum atomic E-state index is -0.470. The van der Waals surface area contributed by atoms with Gasteiger partial charge in [0, 0.05) is 24.3 Å². The Morgan fingerprint density at radius 2 is 1.81 bits per heavy atom. The number of benzene rings is 1. The van der Waals surface area contributed by atoms with E-state index in [4.69, 9.17) is 9.84 Å². The lowest BCUT2D eigenvalue weighted by Crippen LogP contribution is -2.36. The van der Waals surface area contributed by atoms with E-state index in [1.807, 2.05) is 27.7 Å². The summed E-state index contributed by atoms with van der Waals surface area (Å²) in [5.74, 6) is -0.0241. The highest BCUT2D eigenvalue weighted by molar-refractivity contribution is 5.34. The Morgan fingerprint density at radius 3 is 2.38 bits per heavy atom. The van der Waals surface area contributed by atoms with Crippen molar-refractivity contribution in [2.24, 2.45) is 0 Å². The van der Waals surface area contributed by atoms with Gasteiger partial charge in [0.25, 0.3) is 5.56 Å². The summed E-state index contributed by atoms with van der Waals surface area (Å²) in [6, 6.07) is 6.23. The molecule has 0 saturated heterocycles. The van der Waals surface area contributed by atoms with Gasteiger partial charge >= 0.3 is 5.69 Å². The maximum absolute atomic E-state index is 12.4. The van der Waals surface area contributed by atoms with Crippen molar-refractivity contribution in [2.45, 2.75) is 53.2 Å². The summed E-state index contributed by atoms with van der Waals surface area (Å²) in [5, 5.41) is 8.88. The SMILES string of the molecule is Cc1cc(C)cc(Cc2c(C(C)C)c(=O)[nH]c(=O)n2COCCCO)c1. The summed E-state index contributed by atoms with van der Waals surface area (Å²) in [7, 11) is 0. The van der Waals surface area contributed by atoms with Crippen molar-refractivity contribution in [1.29, 1.82) is 0 Å². The Morgan fingerprint density at radius 1 is 1.15 bits per heavy atom. The molecule has 1 aromatic carbocycles.